The minimum atomic E-state index is 0.00697. The summed E-state index contributed by atoms with van der Waals surface area (Å²) in [6, 6.07) is 7.95. The second-order valence-electron chi connectivity index (χ2n) is 5.68. The predicted molar refractivity (Wildman–Crippen MR) is 79.3 cm³/mol. The Balaban J connectivity index is 1.94. The van der Waals surface area contributed by atoms with E-state index in [1.807, 2.05) is 38.2 Å². The van der Waals surface area contributed by atoms with E-state index in [4.69, 9.17) is 0 Å². The summed E-state index contributed by atoms with van der Waals surface area (Å²) in [6.45, 7) is 2.05. The van der Waals surface area contributed by atoms with E-state index in [0.29, 0.717) is 6.42 Å². The van der Waals surface area contributed by atoms with Gasteiger partial charge in [0.15, 0.2) is 0 Å². The van der Waals surface area contributed by atoms with Crippen molar-refractivity contribution in [1.82, 2.24) is 5.32 Å². The van der Waals surface area contributed by atoms with Crippen molar-refractivity contribution in [3.8, 4) is 0 Å². The lowest BCUT2D eigenvalue weighted by molar-refractivity contribution is -0.117. The SMILES string of the molecule is CNC1(CC(=O)Nc2ccc(C)cc2)CCCCC1. The molecule has 3 nitrogen and oxygen atoms in total. The molecular weight excluding hydrogens is 236 g/mol. The lowest BCUT2D eigenvalue weighted by atomic mass is 9.79. The molecule has 1 aliphatic rings. The third kappa shape index (κ3) is 3.80. The Morgan fingerprint density at radius 1 is 1.16 bits per heavy atom. The van der Waals surface area contributed by atoms with Gasteiger partial charge in [0.25, 0.3) is 0 Å². The number of hydrogen-bond donors (Lipinski definition) is 2. The number of carbonyl (C=O) groups excluding carboxylic acids is 1. The van der Waals surface area contributed by atoms with Crippen molar-refractivity contribution in [2.45, 2.75) is 51.0 Å². The lowest BCUT2D eigenvalue weighted by Gasteiger charge is -2.36. The average Bonchev–Trinajstić information content (AvgIpc) is 2.42. The molecular formula is C16H24N2O. The second-order valence-corrected chi connectivity index (χ2v) is 5.68. The molecule has 0 bridgehead atoms. The Labute approximate surface area is 115 Å². The Bertz CT molecular complexity index is 419. The minimum absolute atomic E-state index is 0.00697. The Kier molecular flexibility index (Phi) is 4.59. The highest BCUT2D eigenvalue weighted by Gasteiger charge is 2.32. The third-order valence-electron chi connectivity index (χ3n) is 4.18. The first-order chi connectivity index (χ1) is 9.13. The van der Waals surface area contributed by atoms with Crippen LogP contribution in [0.3, 0.4) is 0 Å². The van der Waals surface area contributed by atoms with E-state index in [2.05, 4.69) is 10.6 Å². The fourth-order valence-corrected chi connectivity index (χ4v) is 2.89. The maximum atomic E-state index is 12.2. The number of nitrogens with one attached hydrogen (secondary N) is 2. The fourth-order valence-electron chi connectivity index (χ4n) is 2.89. The highest BCUT2D eigenvalue weighted by atomic mass is 16.1. The van der Waals surface area contributed by atoms with Gasteiger partial charge in [0.1, 0.15) is 0 Å². The standard InChI is InChI=1S/C16H24N2O/c1-13-6-8-14(9-7-13)18-15(19)12-16(17-2)10-4-3-5-11-16/h6-9,17H,3-5,10-12H2,1-2H3,(H,18,19). The van der Waals surface area contributed by atoms with Gasteiger partial charge in [0.2, 0.25) is 5.91 Å². The molecule has 0 heterocycles. The van der Waals surface area contributed by atoms with Gasteiger partial charge in [-0.2, -0.15) is 0 Å². The van der Waals surface area contributed by atoms with Crippen LogP contribution in [0.5, 0.6) is 0 Å². The van der Waals surface area contributed by atoms with Crippen molar-refractivity contribution in [3.63, 3.8) is 0 Å². The topological polar surface area (TPSA) is 41.1 Å². The number of carbonyl (C=O) groups is 1. The zero-order valence-electron chi connectivity index (χ0n) is 12.0. The molecule has 1 fully saturated rings. The molecule has 2 rings (SSSR count). The van der Waals surface area contributed by atoms with Gasteiger partial charge in [-0.3, -0.25) is 4.79 Å². The first-order valence-corrected chi connectivity index (χ1v) is 7.19. The van der Waals surface area contributed by atoms with Crippen LogP contribution in [-0.2, 0) is 4.79 Å². The van der Waals surface area contributed by atoms with Crippen LogP contribution in [0.1, 0.15) is 44.1 Å². The van der Waals surface area contributed by atoms with E-state index in [-0.39, 0.29) is 11.4 Å². The van der Waals surface area contributed by atoms with Gasteiger partial charge >= 0.3 is 0 Å². The zero-order chi connectivity index (χ0) is 13.7. The van der Waals surface area contributed by atoms with E-state index in [1.54, 1.807) is 0 Å². The summed E-state index contributed by atoms with van der Waals surface area (Å²) < 4.78 is 0. The molecule has 0 spiro atoms. The minimum Gasteiger partial charge on any atom is -0.326 e. The van der Waals surface area contributed by atoms with Crippen LogP contribution in [-0.4, -0.2) is 18.5 Å². The monoisotopic (exact) mass is 260 g/mol. The number of hydrogen-bond acceptors (Lipinski definition) is 2. The lowest BCUT2D eigenvalue weighted by Crippen LogP contribution is -2.47. The Morgan fingerprint density at radius 2 is 1.79 bits per heavy atom. The number of rotatable bonds is 4. The highest BCUT2D eigenvalue weighted by molar-refractivity contribution is 5.91. The van der Waals surface area contributed by atoms with E-state index < -0.39 is 0 Å². The van der Waals surface area contributed by atoms with Gasteiger partial charge in [-0.1, -0.05) is 37.0 Å². The van der Waals surface area contributed by atoms with E-state index >= 15 is 0 Å². The number of amides is 1. The second kappa shape index (κ2) is 6.20. The van der Waals surface area contributed by atoms with Gasteiger partial charge in [0, 0.05) is 17.6 Å². The predicted octanol–water partition coefficient (Wildman–Crippen LogP) is 3.25. The summed E-state index contributed by atoms with van der Waals surface area (Å²) in [7, 11) is 1.98. The van der Waals surface area contributed by atoms with Crippen LogP contribution in [0.2, 0.25) is 0 Å². The molecule has 1 aromatic rings. The first-order valence-electron chi connectivity index (χ1n) is 7.19. The average molecular weight is 260 g/mol. The smallest absolute Gasteiger partial charge is 0.226 e. The number of benzene rings is 1. The number of aryl methyl sites for hydroxylation is 1. The van der Waals surface area contributed by atoms with Crippen molar-refractivity contribution < 1.29 is 4.79 Å². The molecule has 1 aromatic carbocycles. The molecule has 1 amide bonds. The van der Waals surface area contributed by atoms with Crippen LogP contribution in [0.15, 0.2) is 24.3 Å². The van der Waals surface area contributed by atoms with Gasteiger partial charge < -0.3 is 10.6 Å². The normalized spacial score (nSPS) is 18.0. The summed E-state index contributed by atoms with van der Waals surface area (Å²) in [6.07, 6.45) is 6.51. The van der Waals surface area contributed by atoms with Crippen LogP contribution in [0.25, 0.3) is 0 Å². The number of anilines is 1. The van der Waals surface area contributed by atoms with Gasteiger partial charge in [0.05, 0.1) is 0 Å². The quantitative estimate of drug-likeness (QED) is 0.872. The molecule has 0 saturated heterocycles. The highest BCUT2D eigenvalue weighted by Crippen LogP contribution is 2.31. The molecule has 1 saturated carbocycles. The summed E-state index contributed by atoms with van der Waals surface area (Å²) in [5, 5.41) is 6.38. The Hall–Kier alpha value is -1.35. The van der Waals surface area contributed by atoms with Crippen LogP contribution < -0.4 is 10.6 Å². The fraction of sp³-hybridized carbons (Fsp3) is 0.562. The van der Waals surface area contributed by atoms with Gasteiger partial charge in [-0.05, 0) is 38.9 Å². The Morgan fingerprint density at radius 3 is 2.37 bits per heavy atom. The molecule has 1 aliphatic carbocycles. The largest absolute Gasteiger partial charge is 0.326 e. The maximum Gasteiger partial charge on any atom is 0.226 e. The molecule has 104 valence electrons. The maximum absolute atomic E-state index is 12.2. The summed E-state index contributed by atoms with van der Waals surface area (Å²) >= 11 is 0. The van der Waals surface area contributed by atoms with Crippen LogP contribution in [0.4, 0.5) is 5.69 Å². The van der Waals surface area contributed by atoms with Crippen LogP contribution >= 0.6 is 0 Å². The third-order valence-corrected chi connectivity index (χ3v) is 4.18. The van der Waals surface area contributed by atoms with Crippen molar-refractivity contribution >= 4 is 11.6 Å². The molecule has 3 heteroatoms. The van der Waals surface area contributed by atoms with E-state index in [1.165, 1.54) is 24.8 Å². The van der Waals surface area contributed by atoms with Crippen LogP contribution in [0, 0.1) is 6.92 Å². The van der Waals surface area contributed by atoms with Crippen molar-refractivity contribution in [2.24, 2.45) is 0 Å². The summed E-state index contributed by atoms with van der Waals surface area (Å²) in [5.74, 6) is 0.111. The van der Waals surface area contributed by atoms with Crippen molar-refractivity contribution in [3.05, 3.63) is 29.8 Å². The summed E-state index contributed by atoms with van der Waals surface area (Å²) in [5.41, 5.74) is 2.10. The van der Waals surface area contributed by atoms with Crippen molar-refractivity contribution in [1.29, 1.82) is 0 Å². The molecule has 0 radical (unpaired) electrons. The van der Waals surface area contributed by atoms with Gasteiger partial charge in [-0.25, -0.2) is 0 Å². The zero-order valence-corrected chi connectivity index (χ0v) is 12.0. The summed E-state index contributed by atoms with van der Waals surface area (Å²) in [4.78, 5) is 12.2. The first kappa shape index (κ1) is 14.1. The molecule has 0 aromatic heterocycles. The molecule has 0 atom stereocenters. The molecule has 19 heavy (non-hydrogen) atoms. The van der Waals surface area contributed by atoms with Gasteiger partial charge in [-0.15, -0.1) is 0 Å². The molecule has 0 unspecified atom stereocenters. The molecule has 0 aliphatic heterocycles. The van der Waals surface area contributed by atoms with E-state index in [0.717, 1.165) is 18.5 Å². The van der Waals surface area contributed by atoms with Crippen molar-refractivity contribution in [2.75, 3.05) is 12.4 Å². The molecule has 2 N–H and O–H groups in total. The van der Waals surface area contributed by atoms with E-state index in [9.17, 15) is 4.79 Å².